The second-order valence-electron chi connectivity index (χ2n) is 4.10. The van der Waals surface area contributed by atoms with Gasteiger partial charge in [0.25, 0.3) is 0 Å². The zero-order valence-electron chi connectivity index (χ0n) is 9.15. The molecule has 80 valence electrons. The molecule has 2 nitrogen and oxygen atoms in total. The zero-order chi connectivity index (χ0) is 10.7. The van der Waals surface area contributed by atoms with E-state index in [0.29, 0.717) is 5.78 Å². The van der Waals surface area contributed by atoms with E-state index in [4.69, 9.17) is 0 Å². The summed E-state index contributed by atoms with van der Waals surface area (Å²) in [5.41, 5.74) is 1.30. The van der Waals surface area contributed by atoms with Crippen molar-refractivity contribution in [3.63, 3.8) is 0 Å². The van der Waals surface area contributed by atoms with E-state index in [-0.39, 0.29) is 6.04 Å². The van der Waals surface area contributed by atoms with Crippen molar-refractivity contribution in [1.82, 2.24) is 4.90 Å². The molecule has 15 heavy (non-hydrogen) atoms. The number of hydrogen-bond donors (Lipinski definition) is 0. The molecule has 0 N–H and O–H groups in total. The molecule has 2 rings (SSSR count). The van der Waals surface area contributed by atoms with Gasteiger partial charge in [-0.3, -0.25) is 9.69 Å². The molecule has 0 bridgehead atoms. The normalized spacial score (nSPS) is 22.2. The maximum Gasteiger partial charge on any atom is 0.151 e. The maximum absolute atomic E-state index is 11.6. The predicted octanol–water partition coefficient (Wildman–Crippen LogP) is 2.24. The van der Waals surface area contributed by atoms with E-state index in [2.05, 4.69) is 24.0 Å². The number of carbonyl (C=O) groups is 1. The van der Waals surface area contributed by atoms with Gasteiger partial charge in [-0.25, -0.2) is 0 Å². The monoisotopic (exact) mass is 203 g/mol. The van der Waals surface area contributed by atoms with Crippen LogP contribution in [0.3, 0.4) is 0 Å². The third kappa shape index (κ3) is 2.26. The second-order valence-corrected chi connectivity index (χ2v) is 4.10. The van der Waals surface area contributed by atoms with Gasteiger partial charge in [0.05, 0.1) is 6.04 Å². The minimum atomic E-state index is 0.158. The summed E-state index contributed by atoms with van der Waals surface area (Å²) in [6.45, 7) is 3.92. The molecule has 1 aliphatic rings. The van der Waals surface area contributed by atoms with Gasteiger partial charge in [0.15, 0.2) is 5.78 Å². The summed E-state index contributed by atoms with van der Waals surface area (Å²) in [5, 5.41) is 0. The highest BCUT2D eigenvalue weighted by Gasteiger charge is 2.30. The zero-order valence-corrected chi connectivity index (χ0v) is 9.15. The fourth-order valence-electron chi connectivity index (χ4n) is 2.27. The highest BCUT2D eigenvalue weighted by molar-refractivity contribution is 5.86. The molecule has 0 aromatic heterocycles. The van der Waals surface area contributed by atoms with Gasteiger partial charge in [0.2, 0.25) is 0 Å². The molecular weight excluding hydrogens is 186 g/mol. The Morgan fingerprint density at radius 3 is 2.73 bits per heavy atom. The second kappa shape index (κ2) is 4.58. The summed E-state index contributed by atoms with van der Waals surface area (Å²) < 4.78 is 0. The smallest absolute Gasteiger partial charge is 0.151 e. The molecule has 1 aromatic rings. The number of Topliss-reactive ketones (excluding diaryl/α,β-unsaturated/α-hetero) is 1. The topological polar surface area (TPSA) is 20.3 Å². The van der Waals surface area contributed by atoms with Crippen molar-refractivity contribution in [2.75, 3.05) is 6.54 Å². The molecule has 1 atom stereocenters. The van der Waals surface area contributed by atoms with Crippen molar-refractivity contribution in [1.29, 1.82) is 0 Å². The van der Waals surface area contributed by atoms with Crippen LogP contribution in [0.25, 0.3) is 0 Å². The van der Waals surface area contributed by atoms with Gasteiger partial charge in [0.1, 0.15) is 0 Å². The molecule has 0 radical (unpaired) electrons. The SMILES string of the molecule is CCC1C(=O)CCN1Cc1ccccc1. The molecule has 2 heteroatoms. The first-order valence-electron chi connectivity index (χ1n) is 5.62. The van der Waals surface area contributed by atoms with Crippen molar-refractivity contribution in [3.05, 3.63) is 35.9 Å². The van der Waals surface area contributed by atoms with Gasteiger partial charge in [-0.05, 0) is 12.0 Å². The van der Waals surface area contributed by atoms with Crippen LogP contribution in [0, 0.1) is 0 Å². The molecule has 0 saturated carbocycles. The predicted molar refractivity (Wildman–Crippen MR) is 60.6 cm³/mol. The Morgan fingerprint density at radius 2 is 2.07 bits per heavy atom. The Kier molecular flexibility index (Phi) is 3.17. The average molecular weight is 203 g/mol. The third-order valence-corrected chi connectivity index (χ3v) is 3.07. The summed E-state index contributed by atoms with van der Waals surface area (Å²) >= 11 is 0. The van der Waals surface area contributed by atoms with Crippen molar-refractivity contribution in [2.45, 2.75) is 32.4 Å². The minimum Gasteiger partial charge on any atom is -0.298 e. The number of rotatable bonds is 3. The fourth-order valence-corrected chi connectivity index (χ4v) is 2.27. The first kappa shape index (κ1) is 10.4. The Balaban J connectivity index is 2.04. The lowest BCUT2D eigenvalue weighted by atomic mass is 10.1. The summed E-state index contributed by atoms with van der Waals surface area (Å²) in [5.74, 6) is 0.411. The van der Waals surface area contributed by atoms with Crippen molar-refractivity contribution in [2.24, 2.45) is 0 Å². The summed E-state index contributed by atoms with van der Waals surface area (Å²) in [7, 11) is 0. The molecule has 1 aromatic carbocycles. The van der Waals surface area contributed by atoms with Crippen molar-refractivity contribution < 1.29 is 4.79 Å². The molecular formula is C13H17NO. The van der Waals surface area contributed by atoms with Gasteiger partial charge in [-0.15, -0.1) is 0 Å². The van der Waals surface area contributed by atoms with E-state index in [1.54, 1.807) is 0 Å². The van der Waals surface area contributed by atoms with Crippen molar-refractivity contribution >= 4 is 5.78 Å². The van der Waals surface area contributed by atoms with Gasteiger partial charge >= 0.3 is 0 Å². The van der Waals surface area contributed by atoms with Crippen LogP contribution in [0.15, 0.2) is 30.3 Å². The lowest BCUT2D eigenvalue weighted by Gasteiger charge is -2.21. The first-order valence-corrected chi connectivity index (χ1v) is 5.62. The number of ketones is 1. The number of benzene rings is 1. The highest BCUT2D eigenvalue weighted by atomic mass is 16.1. The quantitative estimate of drug-likeness (QED) is 0.751. The van der Waals surface area contributed by atoms with E-state index in [0.717, 1.165) is 25.9 Å². The highest BCUT2D eigenvalue weighted by Crippen LogP contribution is 2.19. The van der Waals surface area contributed by atoms with E-state index < -0.39 is 0 Å². The van der Waals surface area contributed by atoms with Crippen LogP contribution in [-0.2, 0) is 11.3 Å². The van der Waals surface area contributed by atoms with Crippen LogP contribution in [0.1, 0.15) is 25.3 Å². The Morgan fingerprint density at radius 1 is 1.33 bits per heavy atom. The van der Waals surface area contributed by atoms with Gasteiger partial charge in [-0.1, -0.05) is 37.3 Å². The van der Waals surface area contributed by atoms with E-state index in [9.17, 15) is 4.79 Å². The molecule has 1 aliphatic heterocycles. The summed E-state index contributed by atoms with van der Waals surface area (Å²) in [4.78, 5) is 13.9. The van der Waals surface area contributed by atoms with Crippen LogP contribution < -0.4 is 0 Å². The van der Waals surface area contributed by atoms with Crippen LogP contribution in [-0.4, -0.2) is 23.3 Å². The molecule has 0 aliphatic carbocycles. The van der Waals surface area contributed by atoms with Crippen LogP contribution in [0.2, 0.25) is 0 Å². The van der Waals surface area contributed by atoms with Crippen molar-refractivity contribution in [3.8, 4) is 0 Å². The molecule has 1 fully saturated rings. The number of carbonyl (C=O) groups excluding carboxylic acids is 1. The molecule has 0 amide bonds. The Bertz CT molecular complexity index is 334. The molecule has 1 saturated heterocycles. The largest absolute Gasteiger partial charge is 0.298 e. The van der Waals surface area contributed by atoms with Gasteiger partial charge < -0.3 is 0 Å². The lowest BCUT2D eigenvalue weighted by Crippen LogP contribution is -2.31. The van der Waals surface area contributed by atoms with Gasteiger partial charge in [-0.2, -0.15) is 0 Å². The Hall–Kier alpha value is -1.15. The minimum absolute atomic E-state index is 0.158. The van der Waals surface area contributed by atoms with Crippen LogP contribution in [0.5, 0.6) is 0 Å². The molecule has 1 unspecified atom stereocenters. The Labute approximate surface area is 90.9 Å². The summed E-state index contributed by atoms with van der Waals surface area (Å²) in [6.07, 6.45) is 1.66. The molecule has 0 spiro atoms. The molecule has 1 heterocycles. The third-order valence-electron chi connectivity index (χ3n) is 3.07. The standard InChI is InChI=1S/C13H17NO/c1-2-12-13(15)8-9-14(12)10-11-6-4-3-5-7-11/h3-7,12H,2,8-10H2,1H3. The number of hydrogen-bond acceptors (Lipinski definition) is 2. The lowest BCUT2D eigenvalue weighted by molar-refractivity contribution is -0.120. The number of likely N-dealkylation sites (tertiary alicyclic amines) is 1. The van der Waals surface area contributed by atoms with E-state index >= 15 is 0 Å². The fraction of sp³-hybridized carbons (Fsp3) is 0.462. The van der Waals surface area contributed by atoms with Crippen LogP contribution in [0.4, 0.5) is 0 Å². The average Bonchev–Trinajstić information content (AvgIpc) is 2.61. The number of nitrogens with zero attached hydrogens (tertiary/aromatic N) is 1. The van der Waals surface area contributed by atoms with Gasteiger partial charge in [0, 0.05) is 19.5 Å². The first-order chi connectivity index (χ1) is 7.31. The maximum atomic E-state index is 11.6. The summed E-state index contributed by atoms with van der Waals surface area (Å²) in [6, 6.07) is 10.5. The van der Waals surface area contributed by atoms with E-state index in [1.807, 2.05) is 18.2 Å². The van der Waals surface area contributed by atoms with Crippen LogP contribution >= 0.6 is 0 Å². The van der Waals surface area contributed by atoms with E-state index in [1.165, 1.54) is 5.56 Å².